The molecule has 0 aromatic heterocycles. The first kappa shape index (κ1) is 18.6. The number of ketones is 1. The topological polar surface area (TPSA) is 113 Å². The Morgan fingerprint density at radius 2 is 1.88 bits per heavy atom. The maximum absolute atomic E-state index is 12.7. The van der Waals surface area contributed by atoms with Crippen LogP contribution in [0.1, 0.15) is 26.2 Å². The first-order chi connectivity index (χ1) is 12.4. The third-order valence-corrected chi connectivity index (χ3v) is 5.55. The normalized spacial score (nSPS) is 26.8. The molecule has 0 aromatic carbocycles. The number of amides is 4. The summed E-state index contributed by atoms with van der Waals surface area (Å²) in [4.78, 5) is 53.8. The summed E-state index contributed by atoms with van der Waals surface area (Å²) in [6.07, 6.45) is 1.15. The Hall–Kier alpha value is -2.16. The number of morpholine rings is 1. The highest BCUT2D eigenvalue weighted by atomic mass is 16.5. The molecule has 0 aliphatic carbocycles. The monoisotopic (exact) mass is 366 g/mol. The van der Waals surface area contributed by atoms with Crippen LogP contribution in [-0.2, 0) is 19.1 Å². The fraction of sp³-hybridized carbons (Fsp3) is 0.765. The summed E-state index contributed by atoms with van der Waals surface area (Å²) in [6, 6.07) is -0.961. The molecule has 26 heavy (non-hydrogen) atoms. The molecule has 3 aliphatic rings. The Kier molecular flexibility index (Phi) is 5.45. The average Bonchev–Trinajstić information content (AvgIpc) is 3.21. The van der Waals surface area contributed by atoms with Crippen molar-refractivity contribution in [1.29, 1.82) is 0 Å². The number of primary amides is 1. The van der Waals surface area contributed by atoms with Crippen molar-refractivity contribution in [1.82, 2.24) is 14.7 Å². The average molecular weight is 366 g/mol. The number of nitrogens with two attached hydrogens (primary N) is 1. The maximum Gasteiger partial charge on any atom is 0.320 e. The smallest absolute Gasteiger partial charge is 0.320 e. The van der Waals surface area contributed by atoms with E-state index in [0.717, 1.165) is 0 Å². The zero-order valence-corrected chi connectivity index (χ0v) is 15.1. The molecular formula is C17H26N4O5. The second-order valence-electron chi connectivity index (χ2n) is 7.21. The van der Waals surface area contributed by atoms with Crippen molar-refractivity contribution in [2.75, 3.05) is 39.4 Å². The van der Waals surface area contributed by atoms with Gasteiger partial charge in [-0.15, -0.1) is 0 Å². The van der Waals surface area contributed by atoms with E-state index >= 15 is 0 Å². The lowest BCUT2D eigenvalue weighted by atomic mass is 10.0. The summed E-state index contributed by atoms with van der Waals surface area (Å²) < 4.78 is 5.27. The Balaban J connectivity index is 1.62. The van der Waals surface area contributed by atoms with Gasteiger partial charge in [-0.3, -0.25) is 14.4 Å². The van der Waals surface area contributed by atoms with Gasteiger partial charge in [0.05, 0.1) is 25.8 Å². The van der Waals surface area contributed by atoms with Gasteiger partial charge in [0.2, 0.25) is 11.8 Å². The Bertz CT molecular complexity index is 604. The SMILES string of the molecule is CC(CCC(=O)N1CCC2C1C(=O)CN2C(=O)N1CCOCC1)C(N)=O. The van der Waals surface area contributed by atoms with Gasteiger partial charge in [-0.05, 0) is 12.8 Å². The molecule has 3 aliphatic heterocycles. The fourth-order valence-corrected chi connectivity index (χ4v) is 3.92. The number of Topliss-reactive ketones (excluding diaryl/α,β-unsaturated/α-hetero) is 1. The number of carbonyl (C=O) groups excluding carboxylic acids is 4. The van der Waals surface area contributed by atoms with E-state index in [1.807, 2.05) is 0 Å². The van der Waals surface area contributed by atoms with E-state index in [9.17, 15) is 19.2 Å². The van der Waals surface area contributed by atoms with Gasteiger partial charge >= 0.3 is 6.03 Å². The molecule has 3 heterocycles. The van der Waals surface area contributed by atoms with E-state index in [-0.39, 0.29) is 42.6 Å². The van der Waals surface area contributed by atoms with Crippen LogP contribution in [0.2, 0.25) is 0 Å². The Morgan fingerprint density at radius 3 is 2.54 bits per heavy atom. The lowest BCUT2D eigenvalue weighted by Gasteiger charge is -2.33. The summed E-state index contributed by atoms with van der Waals surface area (Å²) in [5.74, 6) is -1.06. The quantitative estimate of drug-likeness (QED) is 0.699. The lowest BCUT2D eigenvalue weighted by Crippen LogP contribution is -2.50. The zero-order valence-electron chi connectivity index (χ0n) is 15.1. The van der Waals surface area contributed by atoms with E-state index in [1.54, 1.807) is 21.6 Å². The van der Waals surface area contributed by atoms with Gasteiger partial charge in [0.1, 0.15) is 6.04 Å². The van der Waals surface area contributed by atoms with Crippen molar-refractivity contribution in [3.8, 4) is 0 Å². The van der Waals surface area contributed by atoms with Crippen molar-refractivity contribution in [3.63, 3.8) is 0 Å². The highest BCUT2D eigenvalue weighted by Gasteiger charge is 2.51. The minimum atomic E-state index is -0.559. The third kappa shape index (κ3) is 3.53. The van der Waals surface area contributed by atoms with Crippen LogP contribution in [-0.4, -0.2) is 89.8 Å². The molecule has 3 saturated heterocycles. The standard InChI is InChI=1S/C17H26N4O5/c1-11(16(18)24)2-3-14(23)20-5-4-12-15(20)13(22)10-21(12)17(25)19-6-8-26-9-7-19/h11-12,15H,2-10H2,1H3,(H2,18,24). The number of fused-ring (bicyclic) bond motifs is 1. The van der Waals surface area contributed by atoms with Crippen molar-refractivity contribution in [3.05, 3.63) is 0 Å². The molecule has 3 unspecified atom stereocenters. The molecule has 0 saturated carbocycles. The summed E-state index contributed by atoms with van der Waals surface area (Å²) in [7, 11) is 0. The van der Waals surface area contributed by atoms with Gasteiger partial charge in [0.25, 0.3) is 0 Å². The van der Waals surface area contributed by atoms with Crippen LogP contribution in [0.25, 0.3) is 0 Å². The Labute approximate surface area is 152 Å². The van der Waals surface area contributed by atoms with Crippen LogP contribution in [0.5, 0.6) is 0 Å². The summed E-state index contributed by atoms with van der Waals surface area (Å²) in [5.41, 5.74) is 5.23. The molecule has 3 atom stereocenters. The second kappa shape index (κ2) is 7.61. The van der Waals surface area contributed by atoms with Crippen molar-refractivity contribution in [2.24, 2.45) is 11.7 Å². The van der Waals surface area contributed by atoms with Crippen molar-refractivity contribution < 1.29 is 23.9 Å². The lowest BCUT2D eigenvalue weighted by molar-refractivity contribution is -0.136. The van der Waals surface area contributed by atoms with Crippen LogP contribution in [0.4, 0.5) is 4.79 Å². The Morgan fingerprint density at radius 1 is 1.19 bits per heavy atom. The summed E-state index contributed by atoms with van der Waals surface area (Å²) in [5, 5.41) is 0. The van der Waals surface area contributed by atoms with Gasteiger partial charge in [-0.1, -0.05) is 6.92 Å². The first-order valence-electron chi connectivity index (χ1n) is 9.15. The molecule has 0 bridgehead atoms. The van der Waals surface area contributed by atoms with Crippen LogP contribution in [0, 0.1) is 5.92 Å². The van der Waals surface area contributed by atoms with E-state index in [0.29, 0.717) is 45.7 Å². The highest BCUT2D eigenvalue weighted by Crippen LogP contribution is 2.31. The first-order valence-corrected chi connectivity index (χ1v) is 9.15. The van der Waals surface area contributed by atoms with Gasteiger partial charge < -0.3 is 25.2 Å². The molecule has 9 heteroatoms. The fourth-order valence-electron chi connectivity index (χ4n) is 3.92. The summed E-state index contributed by atoms with van der Waals surface area (Å²) in [6.45, 7) is 4.24. The maximum atomic E-state index is 12.7. The molecule has 0 spiro atoms. The second-order valence-corrected chi connectivity index (χ2v) is 7.21. The van der Waals surface area contributed by atoms with E-state index < -0.39 is 11.9 Å². The van der Waals surface area contributed by atoms with E-state index in [1.165, 1.54) is 0 Å². The predicted molar refractivity (Wildman–Crippen MR) is 91.0 cm³/mol. The molecule has 0 aromatic rings. The number of ether oxygens (including phenoxy) is 1. The minimum Gasteiger partial charge on any atom is -0.378 e. The molecule has 2 N–H and O–H groups in total. The van der Waals surface area contributed by atoms with Gasteiger partial charge in [0.15, 0.2) is 5.78 Å². The number of hydrogen-bond acceptors (Lipinski definition) is 5. The number of urea groups is 1. The molecule has 0 radical (unpaired) electrons. The highest BCUT2D eigenvalue weighted by molar-refractivity contribution is 5.97. The van der Waals surface area contributed by atoms with Crippen LogP contribution in [0.3, 0.4) is 0 Å². The van der Waals surface area contributed by atoms with E-state index in [2.05, 4.69) is 0 Å². The largest absolute Gasteiger partial charge is 0.378 e. The zero-order chi connectivity index (χ0) is 18.8. The molecule has 3 rings (SSSR count). The van der Waals surface area contributed by atoms with Crippen molar-refractivity contribution in [2.45, 2.75) is 38.3 Å². The van der Waals surface area contributed by atoms with Crippen LogP contribution >= 0.6 is 0 Å². The summed E-state index contributed by atoms with van der Waals surface area (Å²) >= 11 is 0. The molecule has 4 amide bonds. The number of carbonyl (C=O) groups is 4. The number of hydrogen-bond donors (Lipinski definition) is 1. The minimum absolute atomic E-state index is 0.0486. The predicted octanol–water partition coefficient (Wildman–Crippen LogP) is -0.806. The molecule has 9 nitrogen and oxygen atoms in total. The van der Waals surface area contributed by atoms with Crippen LogP contribution < -0.4 is 5.73 Å². The molecular weight excluding hydrogens is 340 g/mol. The number of nitrogens with zero attached hydrogens (tertiary/aromatic N) is 3. The van der Waals surface area contributed by atoms with Crippen LogP contribution in [0.15, 0.2) is 0 Å². The van der Waals surface area contributed by atoms with Gasteiger partial charge in [0, 0.05) is 32.0 Å². The third-order valence-electron chi connectivity index (χ3n) is 5.55. The molecule has 3 fully saturated rings. The van der Waals surface area contributed by atoms with E-state index in [4.69, 9.17) is 10.5 Å². The van der Waals surface area contributed by atoms with Gasteiger partial charge in [-0.25, -0.2) is 4.79 Å². The molecule has 144 valence electrons. The number of likely N-dealkylation sites (tertiary alicyclic amines) is 2. The van der Waals surface area contributed by atoms with Gasteiger partial charge in [-0.2, -0.15) is 0 Å². The number of rotatable bonds is 4. The van der Waals surface area contributed by atoms with Crippen molar-refractivity contribution >= 4 is 23.6 Å².